The number of hydrogen-bond acceptors (Lipinski definition) is 2. The van der Waals surface area contributed by atoms with E-state index in [9.17, 15) is 14.0 Å². The van der Waals surface area contributed by atoms with Gasteiger partial charge in [0.2, 0.25) is 11.5 Å². The van der Waals surface area contributed by atoms with E-state index in [1.165, 1.54) is 0 Å². The van der Waals surface area contributed by atoms with E-state index in [0.717, 1.165) is 0 Å². The molecule has 0 heterocycles. The third kappa shape index (κ3) is 1.77. The van der Waals surface area contributed by atoms with E-state index in [2.05, 4.69) is 0 Å². The minimum atomic E-state index is -2.28. The first-order chi connectivity index (χ1) is 7.64. The maximum Gasteiger partial charge on any atom is 0.230 e. The lowest BCUT2D eigenvalue weighted by Crippen LogP contribution is -2.44. The monoisotopic (exact) mass is 220 g/mol. The molecule has 1 fully saturated rings. The smallest absolute Gasteiger partial charge is 0.230 e. The molecule has 0 aliphatic heterocycles. The van der Waals surface area contributed by atoms with Crippen molar-refractivity contribution >= 4 is 11.6 Å². The van der Waals surface area contributed by atoms with Crippen molar-refractivity contribution in [1.82, 2.24) is 0 Å². The standard InChI is InChI=1S/C13H13FO2/c14-13(9-5-4-8-11(13)15)12(16)10-6-2-1-3-7-10/h1-3,6-7H,4-5,8-9H2. The number of benzene rings is 1. The molecule has 1 atom stereocenters. The summed E-state index contributed by atoms with van der Waals surface area (Å²) in [6.07, 6.45) is 1.49. The second-order valence-corrected chi connectivity index (χ2v) is 4.13. The molecule has 0 radical (unpaired) electrons. The molecule has 16 heavy (non-hydrogen) atoms. The van der Waals surface area contributed by atoms with E-state index in [-0.39, 0.29) is 18.4 Å². The topological polar surface area (TPSA) is 34.1 Å². The second-order valence-electron chi connectivity index (χ2n) is 4.13. The minimum absolute atomic E-state index is 0.0273. The molecule has 1 aliphatic rings. The van der Waals surface area contributed by atoms with E-state index >= 15 is 0 Å². The predicted molar refractivity (Wildman–Crippen MR) is 58.1 cm³/mol. The largest absolute Gasteiger partial charge is 0.296 e. The van der Waals surface area contributed by atoms with Crippen LogP contribution in [0, 0.1) is 0 Å². The lowest BCUT2D eigenvalue weighted by Gasteiger charge is -2.26. The Morgan fingerprint density at radius 2 is 1.88 bits per heavy atom. The quantitative estimate of drug-likeness (QED) is 0.567. The molecule has 1 saturated carbocycles. The first-order valence-corrected chi connectivity index (χ1v) is 5.47. The van der Waals surface area contributed by atoms with Crippen LogP contribution in [0.3, 0.4) is 0 Å². The Hall–Kier alpha value is -1.51. The second kappa shape index (κ2) is 4.16. The highest BCUT2D eigenvalue weighted by molar-refractivity contribution is 6.17. The molecule has 0 saturated heterocycles. The van der Waals surface area contributed by atoms with Crippen molar-refractivity contribution in [2.24, 2.45) is 0 Å². The zero-order valence-electron chi connectivity index (χ0n) is 8.91. The van der Waals surface area contributed by atoms with Crippen LogP contribution >= 0.6 is 0 Å². The van der Waals surface area contributed by atoms with Crippen molar-refractivity contribution in [3.8, 4) is 0 Å². The fraction of sp³-hybridized carbons (Fsp3) is 0.385. The first-order valence-electron chi connectivity index (χ1n) is 5.47. The van der Waals surface area contributed by atoms with Crippen molar-refractivity contribution < 1.29 is 14.0 Å². The van der Waals surface area contributed by atoms with Crippen LogP contribution in [0.5, 0.6) is 0 Å². The Balaban J connectivity index is 2.30. The predicted octanol–water partition coefficient (Wildman–Crippen LogP) is 2.72. The van der Waals surface area contributed by atoms with Gasteiger partial charge in [-0.1, -0.05) is 30.3 Å². The Morgan fingerprint density at radius 3 is 2.50 bits per heavy atom. The van der Waals surface area contributed by atoms with E-state index in [1.807, 2.05) is 0 Å². The van der Waals surface area contributed by atoms with E-state index in [4.69, 9.17) is 0 Å². The molecule has 2 rings (SSSR count). The molecule has 84 valence electrons. The van der Waals surface area contributed by atoms with Crippen LogP contribution in [-0.2, 0) is 4.79 Å². The van der Waals surface area contributed by atoms with Gasteiger partial charge in [0, 0.05) is 12.0 Å². The number of carbonyl (C=O) groups excluding carboxylic acids is 2. The maximum atomic E-state index is 14.3. The Labute approximate surface area is 93.5 Å². The lowest BCUT2D eigenvalue weighted by molar-refractivity contribution is -0.130. The summed E-state index contributed by atoms with van der Waals surface area (Å²) in [6.45, 7) is 0. The van der Waals surface area contributed by atoms with Crippen LogP contribution < -0.4 is 0 Å². The van der Waals surface area contributed by atoms with E-state index in [0.29, 0.717) is 12.8 Å². The zero-order valence-corrected chi connectivity index (χ0v) is 8.91. The molecular formula is C13H13FO2. The van der Waals surface area contributed by atoms with Crippen molar-refractivity contribution in [2.75, 3.05) is 0 Å². The van der Waals surface area contributed by atoms with E-state index < -0.39 is 17.2 Å². The average molecular weight is 220 g/mol. The first kappa shape index (κ1) is 11.0. The summed E-state index contributed by atoms with van der Waals surface area (Å²) in [5.41, 5.74) is -2.00. The number of alkyl halides is 1. The van der Waals surface area contributed by atoms with Gasteiger partial charge in [0.1, 0.15) is 0 Å². The summed E-state index contributed by atoms with van der Waals surface area (Å²) >= 11 is 0. The van der Waals surface area contributed by atoms with Crippen molar-refractivity contribution in [1.29, 1.82) is 0 Å². The number of hydrogen-bond donors (Lipinski definition) is 0. The summed E-state index contributed by atoms with van der Waals surface area (Å²) in [4.78, 5) is 23.5. The van der Waals surface area contributed by atoms with Crippen molar-refractivity contribution in [2.45, 2.75) is 31.4 Å². The summed E-state index contributed by atoms with van der Waals surface area (Å²) < 4.78 is 14.3. The average Bonchev–Trinajstić information content (AvgIpc) is 2.33. The SMILES string of the molecule is O=C1CCCCC1(F)C(=O)c1ccccc1. The van der Waals surface area contributed by atoms with Gasteiger partial charge in [-0.15, -0.1) is 0 Å². The van der Waals surface area contributed by atoms with Crippen LogP contribution in [-0.4, -0.2) is 17.2 Å². The van der Waals surface area contributed by atoms with Crippen molar-refractivity contribution in [3.63, 3.8) is 0 Å². The molecular weight excluding hydrogens is 207 g/mol. The number of carbonyl (C=O) groups is 2. The van der Waals surface area contributed by atoms with Crippen LogP contribution in [0.2, 0.25) is 0 Å². The molecule has 1 aromatic carbocycles. The highest BCUT2D eigenvalue weighted by Crippen LogP contribution is 2.32. The molecule has 3 heteroatoms. The lowest BCUT2D eigenvalue weighted by atomic mass is 9.80. The molecule has 0 amide bonds. The van der Waals surface area contributed by atoms with Gasteiger partial charge in [0.25, 0.3) is 0 Å². The van der Waals surface area contributed by atoms with E-state index in [1.54, 1.807) is 30.3 Å². The van der Waals surface area contributed by atoms with Crippen LogP contribution in [0.1, 0.15) is 36.0 Å². The van der Waals surface area contributed by atoms with Gasteiger partial charge in [-0.3, -0.25) is 9.59 Å². The van der Waals surface area contributed by atoms with Gasteiger partial charge >= 0.3 is 0 Å². The van der Waals surface area contributed by atoms with Crippen LogP contribution in [0.25, 0.3) is 0 Å². The molecule has 1 unspecified atom stereocenters. The van der Waals surface area contributed by atoms with Gasteiger partial charge in [-0.25, -0.2) is 4.39 Å². The third-order valence-corrected chi connectivity index (χ3v) is 3.01. The number of Topliss-reactive ketones (excluding diaryl/α,β-unsaturated/α-hetero) is 2. The third-order valence-electron chi connectivity index (χ3n) is 3.01. The summed E-state index contributed by atoms with van der Waals surface area (Å²) in [5.74, 6) is -1.24. The van der Waals surface area contributed by atoms with Crippen LogP contribution in [0.4, 0.5) is 4.39 Å². The summed E-state index contributed by atoms with van der Waals surface area (Å²) in [6, 6.07) is 8.19. The highest BCUT2D eigenvalue weighted by atomic mass is 19.1. The summed E-state index contributed by atoms with van der Waals surface area (Å²) in [5, 5.41) is 0. The van der Waals surface area contributed by atoms with Crippen molar-refractivity contribution in [3.05, 3.63) is 35.9 Å². The molecule has 0 N–H and O–H groups in total. The normalized spacial score (nSPS) is 25.4. The highest BCUT2D eigenvalue weighted by Gasteiger charge is 2.47. The molecule has 0 spiro atoms. The molecule has 0 bridgehead atoms. The van der Waals surface area contributed by atoms with Gasteiger partial charge in [-0.05, 0) is 19.3 Å². The minimum Gasteiger partial charge on any atom is -0.296 e. The van der Waals surface area contributed by atoms with Gasteiger partial charge < -0.3 is 0 Å². The number of rotatable bonds is 2. The number of ketones is 2. The fourth-order valence-electron chi connectivity index (χ4n) is 2.05. The Morgan fingerprint density at radius 1 is 1.19 bits per heavy atom. The van der Waals surface area contributed by atoms with Gasteiger partial charge in [0.05, 0.1) is 0 Å². The molecule has 2 nitrogen and oxygen atoms in total. The van der Waals surface area contributed by atoms with Gasteiger partial charge in [0.15, 0.2) is 5.78 Å². The summed E-state index contributed by atoms with van der Waals surface area (Å²) in [7, 11) is 0. The molecule has 1 aliphatic carbocycles. The molecule has 0 aromatic heterocycles. The van der Waals surface area contributed by atoms with Crippen LogP contribution in [0.15, 0.2) is 30.3 Å². The zero-order chi connectivity index (χ0) is 11.6. The number of halogens is 1. The Bertz CT molecular complexity index is 413. The Kier molecular flexibility index (Phi) is 2.86. The fourth-order valence-corrected chi connectivity index (χ4v) is 2.05. The molecule has 1 aromatic rings. The maximum absolute atomic E-state index is 14.3. The van der Waals surface area contributed by atoms with Gasteiger partial charge in [-0.2, -0.15) is 0 Å².